The Hall–Kier alpha value is -1.73. The number of ketones is 1. The number of benzene rings is 1. The average Bonchev–Trinajstić information content (AvgIpc) is 2.63. The maximum absolute atomic E-state index is 12.8. The maximum atomic E-state index is 12.8. The van der Waals surface area contributed by atoms with Crippen LogP contribution in [0.15, 0.2) is 29.3 Å². The van der Waals surface area contributed by atoms with Crippen molar-refractivity contribution in [1.82, 2.24) is 0 Å². The first-order valence-corrected chi connectivity index (χ1v) is 9.00. The molecule has 3 aliphatic rings. The normalized spacial score (nSPS) is 39.2. The van der Waals surface area contributed by atoms with E-state index in [1.807, 2.05) is 6.92 Å². The molecule has 6 atom stereocenters. The van der Waals surface area contributed by atoms with Gasteiger partial charge in [0.2, 0.25) is 0 Å². The molecular weight excluding hydrogens is 336 g/mol. The topological polar surface area (TPSA) is 107 Å². The summed E-state index contributed by atoms with van der Waals surface area (Å²) in [5, 5.41) is 44.0. The number of Topliss-reactive ketones (excluding diaryl/α,β-unsaturated/α-hetero) is 1. The molecule has 0 fully saturated rings. The molecular formula is C20H24O6. The van der Waals surface area contributed by atoms with E-state index < -0.39 is 29.8 Å². The molecule has 140 valence electrons. The molecule has 0 spiro atoms. The summed E-state index contributed by atoms with van der Waals surface area (Å²) in [6, 6.07) is 5.05. The Bertz CT molecular complexity index is 799. The summed E-state index contributed by atoms with van der Waals surface area (Å²) in [6.07, 6.45) is -2.58. The standard InChI is InChI=1S/C20H24O6/c1-9-8-12(21)14-11(17(9)22)6-7-20(25)16(14)18(23)10-4-3-5-13(26-2)15(10)19(20)24/h3-5,9,16-19,22-25H,6-8H2,1-2H3/t9-,16+,17+,18-,19-,20+/m0/s1. The fourth-order valence-electron chi connectivity index (χ4n) is 5.05. The maximum Gasteiger partial charge on any atom is 0.159 e. The summed E-state index contributed by atoms with van der Waals surface area (Å²) in [5.41, 5.74) is 0.0181. The zero-order chi connectivity index (χ0) is 18.8. The third-order valence-electron chi connectivity index (χ3n) is 6.40. The van der Waals surface area contributed by atoms with Crippen molar-refractivity contribution in [2.75, 3.05) is 7.11 Å². The van der Waals surface area contributed by atoms with Crippen LogP contribution in [0.5, 0.6) is 5.75 Å². The second-order valence-corrected chi connectivity index (χ2v) is 7.77. The predicted molar refractivity (Wildman–Crippen MR) is 92.4 cm³/mol. The van der Waals surface area contributed by atoms with E-state index in [0.717, 1.165) is 0 Å². The lowest BCUT2D eigenvalue weighted by Crippen LogP contribution is -2.55. The van der Waals surface area contributed by atoms with Gasteiger partial charge in [0.15, 0.2) is 5.78 Å². The predicted octanol–water partition coefficient (Wildman–Crippen LogP) is 1.18. The van der Waals surface area contributed by atoms with Crippen LogP contribution in [0.4, 0.5) is 0 Å². The average molecular weight is 360 g/mol. The molecule has 0 saturated heterocycles. The quantitative estimate of drug-likeness (QED) is 0.599. The van der Waals surface area contributed by atoms with Crippen LogP contribution in [0.2, 0.25) is 0 Å². The number of hydrogen-bond acceptors (Lipinski definition) is 6. The molecule has 0 aromatic heterocycles. The number of rotatable bonds is 1. The lowest BCUT2D eigenvalue weighted by Gasteiger charge is -2.52. The largest absolute Gasteiger partial charge is 0.496 e. The van der Waals surface area contributed by atoms with Crippen molar-refractivity contribution < 1.29 is 30.0 Å². The molecule has 0 bridgehead atoms. The molecule has 0 unspecified atom stereocenters. The van der Waals surface area contributed by atoms with Crippen molar-refractivity contribution >= 4 is 5.78 Å². The number of carbonyl (C=O) groups is 1. The molecule has 0 radical (unpaired) electrons. The Balaban J connectivity index is 1.93. The third kappa shape index (κ3) is 2.16. The molecule has 0 aliphatic heterocycles. The number of hydrogen-bond donors (Lipinski definition) is 4. The van der Waals surface area contributed by atoms with Crippen LogP contribution in [-0.2, 0) is 4.79 Å². The van der Waals surface area contributed by atoms with E-state index in [9.17, 15) is 25.2 Å². The van der Waals surface area contributed by atoms with E-state index in [1.54, 1.807) is 18.2 Å². The van der Waals surface area contributed by atoms with Crippen molar-refractivity contribution in [3.63, 3.8) is 0 Å². The van der Waals surface area contributed by atoms with Crippen LogP contribution in [0.1, 0.15) is 49.5 Å². The van der Waals surface area contributed by atoms with E-state index >= 15 is 0 Å². The van der Waals surface area contributed by atoms with Gasteiger partial charge in [-0.1, -0.05) is 19.1 Å². The van der Waals surface area contributed by atoms with Gasteiger partial charge in [-0.2, -0.15) is 0 Å². The second-order valence-electron chi connectivity index (χ2n) is 7.77. The van der Waals surface area contributed by atoms with Gasteiger partial charge in [0.25, 0.3) is 0 Å². The van der Waals surface area contributed by atoms with Crippen molar-refractivity contribution in [2.45, 2.75) is 50.1 Å². The van der Waals surface area contributed by atoms with Crippen molar-refractivity contribution in [3.05, 3.63) is 40.5 Å². The molecule has 0 saturated carbocycles. The first-order chi connectivity index (χ1) is 12.3. The van der Waals surface area contributed by atoms with Crippen LogP contribution in [0.25, 0.3) is 0 Å². The van der Waals surface area contributed by atoms with Gasteiger partial charge >= 0.3 is 0 Å². The van der Waals surface area contributed by atoms with E-state index in [4.69, 9.17) is 4.74 Å². The highest BCUT2D eigenvalue weighted by molar-refractivity contribution is 5.98. The van der Waals surface area contributed by atoms with Gasteiger partial charge in [-0.05, 0) is 36.0 Å². The van der Waals surface area contributed by atoms with Gasteiger partial charge in [0.05, 0.1) is 19.3 Å². The zero-order valence-electron chi connectivity index (χ0n) is 14.8. The Morgan fingerprint density at radius 2 is 1.92 bits per heavy atom. The van der Waals surface area contributed by atoms with E-state index in [1.165, 1.54) is 7.11 Å². The minimum atomic E-state index is -1.68. The smallest absolute Gasteiger partial charge is 0.159 e. The summed E-state index contributed by atoms with van der Waals surface area (Å²) in [7, 11) is 1.47. The highest BCUT2D eigenvalue weighted by Gasteiger charge is 2.59. The van der Waals surface area contributed by atoms with Gasteiger partial charge < -0.3 is 25.2 Å². The second kappa shape index (κ2) is 5.89. The monoisotopic (exact) mass is 360 g/mol. The summed E-state index contributed by atoms with van der Waals surface area (Å²) < 4.78 is 5.31. The van der Waals surface area contributed by atoms with Crippen LogP contribution >= 0.6 is 0 Å². The molecule has 4 rings (SSSR count). The SMILES string of the molecule is COc1cccc2c1[C@H](O)[C@@]1(O)CCC3=C(C(=O)C[C@H](C)[C@H]3O)[C@@H]1[C@H]2O. The van der Waals surface area contributed by atoms with Gasteiger partial charge in [-0.25, -0.2) is 0 Å². The molecule has 4 N–H and O–H groups in total. The van der Waals surface area contributed by atoms with Crippen LogP contribution in [0, 0.1) is 11.8 Å². The Labute approximate surface area is 151 Å². The first kappa shape index (κ1) is 17.7. The van der Waals surface area contributed by atoms with E-state index in [-0.39, 0.29) is 24.5 Å². The van der Waals surface area contributed by atoms with E-state index in [0.29, 0.717) is 34.4 Å². The highest BCUT2D eigenvalue weighted by Crippen LogP contribution is 2.58. The summed E-state index contributed by atoms with van der Waals surface area (Å²) in [5.74, 6) is -0.927. The lowest BCUT2D eigenvalue weighted by molar-refractivity contribution is -0.161. The number of methoxy groups -OCH3 is 1. The minimum absolute atomic E-state index is 0.156. The molecule has 0 heterocycles. The van der Waals surface area contributed by atoms with Crippen molar-refractivity contribution in [3.8, 4) is 5.75 Å². The van der Waals surface area contributed by atoms with Crippen molar-refractivity contribution in [2.24, 2.45) is 11.8 Å². The minimum Gasteiger partial charge on any atom is -0.496 e. The molecule has 0 amide bonds. The number of ether oxygens (including phenoxy) is 1. The lowest BCUT2D eigenvalue weighted by atomic mass is 9.57. The van der Waals surface area contributed by atoms with Gasteiger partial charge in [-0.15, -0.1) is 0 Å². The summed E-state index contributed by atoms with van der Waals surface area (Å²) in [4.78, 5) is 12.8. The number of aliphatic hydroxyl groups excluding tert-OH is 3. The molecule has 1 aromatic rings. The van der Waals surface area contributed by atoms with E-state index in [2.05, 4.69) is 0 Å². The zero-order valence-corrected chi connectivity index (χ0v) is 14.8. The third-order valence-corrected chi connectivity index (χ3v) is 6.40. The van der Waals surface area contributed by atoms with Crippen LogP contribution in [-0.4, -0.2) is 45.0 Å². The summed E-state index contributed by atoms with van der Waals surface area (Å²) >= 11 is 0. The molecule has 6 nitrogen and oxygen atoms in total. The molecule has 1 aromatic carbocycles. The van der Waals surface area contributed by atoms with Crippen LogP contribution in [0.3, 0.4) is 0 Å². The highest BCUT2D eigenvalue weighted by atomic mass is 16.5. The number of fused-ring (bicyclic) bond motifs is 3. The first-order valence-electron chi connectivity index (χ1n) is 9.00. The fourth-order valence-corrected chi connectivity index (χ4v) is 5.05. The summed E-state index contributed by atoms with van der Waals surface area (Å²) in [6.45, 7) is 1.82. The van der Waals surface area contributed by atoms with Gasteiger partial charge in [0.1, 0.15) is 17.5 Å². The Morgan fingerprint density at radius 1 is 1.19 bits per heavy atom. The number of aliphatic hydroxyl groups is 4. The molecule has 6 heteroatoms. The van der Waals surface area contributed by atoms with Gasteiger partial charge in [-0.3, -0.25) is 4.79 Å². The van der Waals surface area contributed by atoms with Gasteiger partial charge in [0, 0.05) is 23.5 Å². The Morgan fingerprint density at radius 3 is 2.62 bits per heavy atom. The van der Waals surface area contributed by atoms with Crippen molar-refractivity contribution in [1.29, 1.82) is 0 Å². The molecule has 3 aliphatic carbocycles. The number of carbonyl (C=O) groups excluding carboxylic acids is 1. The van der Waals surface area contributed by atoms with Crippen LogP contribution < -0.4 is 4.74 Å². The Kier molecular flexibility index (Phi) is 4.00. The molecule has 26 heavy (non-hydrogen) atoms. The fraction of sp³-hybridized carbons (Fsp3) is 0.550.